The first-order valence-corrected chi connectivity index (χ1v) is 11.0. The number of amides is 2. The van der Waals surface area contributed by atoms with Gasteiger partial charge in [-0.05, 0) is 38.0 Å². The largest absolute Gasteiger partial charge is 0.463 e. The second-order valence-electron chi connectivity index (χ2n) is 7.42. The molecule has 1 aromatic carbocycles. The SMILES string of the molecule is CCCCCCNC(=O)CN1C(=O)CC(c2ccc(Cl)cc2)C(C(=O)OCC)=C1C. The number of ether oxygens (including phenoxy) is 1. The number of nitrogens with zero attached hydrogens (tertiary/aromatic N) is 1. The number of halogens is 1. The molecule has 0 aromatic heterocycles. The second kappa shape index (κ2) is 11.7. The van der Waals surface area contributed by atoms with Gasteiger partial charge in [0, 0.05) is 29.6 Å². The molecule has 1 unspecified atom stereocenters. The van der Waals surface area contributed by atoms with Crippen LogP contribution in [0.25, 0.3) is 0 Å². The Morgan fingerprint density at radius 2 is 1.87 bits per heavy atom. The maximum atomic E-state index is 12.9. The summed E-state index contributed by atoms with van der Waals surface area (Å²) < 4.78 is 5.26. The zero-order valence-corrected chi connectivity index (χ0v) is 18.8. The standard InChI is InChI=1S/C23H31ClN2O4/c1-4-6-7-8-13-25-20(27)15-26-16(3)22(23(29)30-5-2)19(14-21(26)28)17-9-11-18(24)12-10-17/h9-12,19H,4-8,13-15H2,1-3H3,(H,25,27). The van der Waals surface area contributed by atoms with Crippen molar-refractivity contribution in [2.24, 2.45) is 0 Å². The van der Waals surface area contributed by atoms with Crippen molar-refractivity contribution in [2.75, 3.05) is 19.7 Å². The molecule has 0 bridgehead atoms. The van der Waals surface area contributed by atoms with Crippen molar-refractivity contribution in [1.82, 2.24) is 10.2 Å². The molecule has 164 valence electrons. The van der Waals surface area contributed by atoms with Crippen LogP contribution in [-0.4, -0.2) is 42.4 Å². The van der Waals surface area contributed by atoms with Gasteiger partial charge in [0.2, 0.25) is 11.8 Å². The normalized spacial score (nSPS) is 16.6. The lowest BCUT2D eigenvalue weighted by Gasteiger charge is -2.34. The molecular formula is C23H31ClN2O4. The Bertz CT molecular complexity index is 789. The van der Waals surface area contributed by atoms with Crippen molar-refractivity contribution >= 4 is 29.4 Å². The number of allylic oxidation sites excluding steroid dienone is 1. The fraction of sp³-hybridized carbons (Fsp3) is 0.522. The van der Waals surface area contributed by atoms with E-state index < -0.39 is 11.9 Å². The van der Waals surface area contributed by atoms with E-state index >= 15 is 0 Å². The summed E-state index contributed by atoms with van der Waals surface area (Å²) in [6, 6.07) is 7.09. The molecule has 0 fully saturated rings. The summed E-state index contributed by atoms with van der Waals surface area (Å²) in [5.74, 6) is -1.32. The minimum Gasteiger partial charge on any atom is -0.463 e. The minimum atomic E-state index is -0.465. The van der Waals surface area contributed by atoms with E-state index in [-0.39, 0.29) is 31.4 Å². The summed E-state index contributed by atoms with van der Waals surface area (Å²) >= 11 is 5.98. The molecule has 2 amide bonds. The van der Waals surface area contributed by atoms with Crippen LogP contribution in [0.3, 0.4) is 0 Å². The molecule has 1 heterocycles. The molecule has 0 radical (unpaired) electrons. The summed E-state index contributed by atoms with van der Waals surface area (Å²) in [7, 11) is 0. The number of nitrogens with one attached hydrogen (secondary N) is 1. The van der Waals surface area contributed by atoms with Gasteiger partial charge in [0.25, 0.3) is 0 Å². The molecule has 0 spiro atoms. The third-order valence-electron chi connectivity index (χ3n) is 5.24. The molecule has 1 atom stereocenters. The first-order chi connectivity index (χ1) is 14.4. The number of hydrogen-bond acceptors (Lipinski definition) is 4. The average Bonchev–Trinajstić information content (AvgIpc) is 2.71. The second-order valence-corrected chi connectivity index (χ2v) is 7.85. The maximum absolute atomic E-state index is 12.9. The molecule has 6 nitrogen and oxygen atoms in total. The van der Waals surface area contributed by atoms with Crippen LogP contribution in [-0.2, 0) is 19.1 Å². The topological polar surface area (TPSA) is 75.7 Å². The predicted molar refractivity (Wildman–Crippen MR) is 117 cm³/mol. The molecule has 2 rings (SSSR count). The number of hydrogen-bond donors (Lipinski definition) is 1. The van der Waals surface area contributed by atoms with Gasteiger partial charge in [-0.2, -0.15) is 0 Å². The van der Waals surface area contributed by atoms with Crippen LogP contribution in [0, 0.1) is 0 Å². The van der Waals surface area contributed by atoms with Gasteiger partial charge in [0.05, 0.1) is 12.2 Å². The molecule has 0 saturated heterocycles. The van der Waals surface area contributed by atoms with E-state index in [9.17, 15) is 14.4 Å². The van der Waals surface area contributed by atoms with E-state index in [1.54, 1.807) is 26.0 Å². The van der Waals surface area contributed by atoms with Crippen LogP contribution in [0.2, 0.25) is 5.02 Å². The first kappa shape index (κ1) is 23.9. The Balaban J connectivity index is 2.21. The Morgan fingerprint density at radius 1 is 1.17 bits per heavy atom. The Kier molecular flexibility index (Phi) is 9.37. The lowest BCUT2D eigenvalue weighted by Crippen LogP contribution is -2.44. The van der Waals surface area contributed by atoms with Crippen molar-refractivity contribution in [3.63, 3.8) is 0 Å². The average molecular weight is 435 g/mol. The van der Waals surface area contributed by atoms with E-state index in [1.165, 1.54) is 4.90 Å². The van der Waals surface area contributed by atoms with Gasteiger partial charge in [-0.3, -0.25) is 9.59 Å². The van der Waals surface area contributed by atoms with Crippen molar-refractivity contribution in [3.05, 3.63) is 46.1 Å². The molecule has 1 aromatic rings. The lowest BCUT2D eigenvalue weighted by molar-refractivity contribution is -0.141. The predicted octanol–water partition coefficient (Wildman–Crippen LogP) is 4.19. The van der Waals surface area contributed by atoms with Crippen LogP contribution >= 0.6 is 11.6 Å². The maximum Gasteiger partial charge on any atom is 0.336 e. The van der Waals surface area contributed by atoms with Crippen LogP contribution in [0.15, 0.2) is 35.5 Å². The summed E-state index contributed by atoms with van der Waals surface area (Å²) in [4.78, 5) is 39.3. The smallest absolute Gasteiger partial charge is 0.336 e. The van der Waals surface area contributed by atoms with E-state index in [4.69, 9.17) is 16.3 Å². The van der Waals surface area contributed by atoms with E-state index in [2.05, 4.69) is 12.2 Å². The fourth-order valence-corrected chi connectivity index (χ4v) is 3.76. The highest BCUT2D eigenvalue weighted by Crippen LogP contribution is 2.37. The zero-order chi connectivity index (χ0) is 22.1. The third-order valence-corrected chi connectivity index (χ3v) is 5.50. The van der Waals surface area contributed by atoms with E-state index in [1.807, 2.05) is 12.1 Å². The quantitative estimate of drug-likeness (QED) is 0.442. The van der Waals surface area contributed by atoms with E-state index in [0.29, 0.717) is 22.8 Å². The zero-order valence-electron chi connectivity index (χ0n) is 18.0. The monoisotopic (exact) mass is 434 g/mol. The molecule has 0 aliphatic carbocycles. The van der Waals surface area contributed by atoms with Crippen LogP contribution in [0.1, 0.15) is 64.4 Å². The van der Waals surface area contributed by atoms with Crippen LogP contribution < -0.4 is 5.32 Å². The van der Waals surface area contributed by atoms with Gasteiger partial charge < -0.3 is 15.0 Å². The van der Waals surface area contributed by atoms with Gasteiger partial charge in [-0.25, -0.2) is 4.79 Å². The van der Waals surface area contributed by atoms with Gasteiger partial charge >= 0.3 is 5.97 Å². The molecule has 0 saturated carbocycles. The van der Waals surface area contributed by atoms with Gasteiger partial charge in [-0.1, -0.05) is 49.9 Å². The van der Waals surface area contributed by atoms with Gasteiger partial charge in [-0.15, -0.1) is 0 Å². The molecular weight excluding hydrogens is 404 g/mol. The summed E-state index contributed by atoms with van der Waals surface area (Å²) in [5, 5.41) is 3.44. The third kappa shape index (κ3) is 6.33. The Hall–Kier alpha value is -2.34. The van der Waals surface area contributed by atoms with Crippen molar-refractivity contribution in [3.8, 4) is 0 Å². The summed E-state index contributed by atoms with van der Waals surface area (Å²) in [6.45, 7) is 6.28. The lowest BCUT2D eigenvalue weighted by atomic mass is 9.83. The highest BCUT2D eigenvalue weighted by Gasteiger charge is 2.37. The fourth-order valence-electron chi connectivity index (χ4n) is 3.64. The number of esters is 1. The van der Waals surface area contributed by atoms with Crippen LogP contribution in [0.4, 0.5) is 0 Å². The minimum absolute atomic E-state index is 0.0941. The highest BCUT2D eigenvalue weighted by molar-refractivity contribution is 6.30. The summed E-state index contributed by atoms with van der Waals surface area (Å²) in [6.07, 6.45) is 4.34. The van der Waals surface area contributed by atoms with Crippen molar-refractivity contribution in [2.45, 2.75) is 58.8 Å². The van der Waals surface area contributed by atoms with Gasteiger partial charge in [0.15, 0.2) is 0 Å². The molecule has 30 heavy (non-hydrogen) atoms. The van der Waals surface area contributed by atoms with Crippen LogP contribution in [0.5, 0.6) is 0 Å². The molecule has 1 aliphatic rings. The molecule has 1 aliphatic heterocycles. The Morgan fingerprint density at radius 3 is 2.50 bits per heavy atom. The van der Waals surface area contributed by atoms with Gasteiger partial charge in [0.1, 0.15) is 6.54 Å². The number of carbonyl (C=O) groups is 3. The van der Waals surface area contributed by atoms with Crippen molar-refractivity contribution in [1.29, 1.82) is 0 Å². The van der Waals surface area contributed by atoms with E-state index in [0.717, 1.165) is 31.2 Å². The first-order valence-electron chi connectivity index (χ1n) is 10.6. The number of benzene rings is 1. The van der Waals surface area contributed by atoms with Crippen molar-refractivity contribution < 1.29 is 19.1 Å². The Labute approximate surface area is 183 Å². The highest BCUT2D eigenvalue weighted by atomic mass is 35.5. The summed E-state index contributed by atoms with van der Waals surface area (Å²) in [5.41, 5.74) is 1.69. The number of unbranched alkanes of at least 4 members (excludes halogenated alkanes) is 3. The number of rotatable bonds is 10. The molecule has 1 N–H and O–H groups in total. The molecule has 7 heteroatoms. The number of carbonyl (C=O) groups excluding carboxylic acids is 3.